The van der Waals surface area contributed by atoms with Gasteiger partial charge in [0.25, 0.3) is 0 Å². The van der Waals surface area contributed by atoms with Crippen molar-refractivity contribution in [3.63, 3.8) is 0 Å². The van der Waals surface area contributed by atoms with Gasteiger partial charge in [0, 0.05) is 0 Å². The quantitative estimate of drug-likeness (QED) is 0.735. The van der Waals surface area contributed by atoms with Gasteiger partial charge in [-0.1, -0.05) is 6.92 Å². The van der Waals surface area contributed by atoms with Crippen LogP contribution in [0.25, 0.3) is 0 Å². The fourth-order valence-corrected chi connectivity index (χ4v) is 1.99. The highest BCUT2D eigenvalue weighted by molar-refractivity contribution is 7.91. The first-order valence-electron chi connectivity index (χ1n) is 4.71. The monoisotopic (exact) mass is 222 g/mol. The Kier molecular flexibility index (Phi) is 5.12. The number of hydrogen-bond acceptors (Lipinski definition) is 3. The van der Waals surface area contributed by atoms with Crippen LogP contribution in [0.3, 0.4) is 0 Å². The van der Waals surface area contributed by atoms with Crippen molar-refractivity contribution in [1.82, 2.24) is 0 Å². The highest BCUT2D eigenvalue weighted by Gasteiger charge is 2.17. The van der Waals surface area contributed by atoms with E-state index >= 15 is 0 Å². The van der Waals surface area contributed by atoms with Crippen molar-refractivity contribution in [3.05, 3.63) is 0 Å². The predicted octanol–water partition coefficient (Wildman–Crippen LogP) is 1.31. The van der Waals surface area contributed by atoms with Crippen molar-refractivity contribution in [2.24, 2.45) is 5.92 Å². The van der Waals surface area contributed by atoms with Crippen molar-refractivity contribution in [2.75, 3.05) is 5.75 Å². The summed E-state index contributed by atoms with van der Waals surface area (Å²) in [7, 11) is -3.01. The van der Waals surface area contributed by atoms with E-state index in [1.807, 2.05) is 0 Å². The summed E-state index contributed by atoms with van der Waals surface area (Å²) in [5.74, 6) is -1.24. The van der Waals surface area contributed by atoms with Crippen molar-refractivity contribution < 1.29 is 18.3 Å². The topological polar surface area (TPSA) is 71.4 Å². The fraction of sp³-hybridized carbons (Fsp3) is 0.889. The maximum atomic E-state index is 11.3. The summed E-state index contributed by atoms with van der Waals surface area (Å²) >= 11 is 0. The molecule has 0 amide bonds. The lowest BCUT2D eigenvalue weighted by Crippen LogP contribution is -2.19. The molecule has 0 aromatic rings. The summed E-state index contributed by atoms with van der Waals surface area (Å²) in [4.78, 5) is 10.4. The van der Waals surface area contributed by atoms with E-state index in [-0.39, 0.29) is 11.0 Å². The Morgan fingerprint density at radius 1 is 1.29 bits per heavy atom. The molecule has 0 saturated heterocycles. The lowest BCUT2D eigenvalue weighted by molar-refractivity contribution is -0.141. The Labute approximate surface area is 85.2 Å². The van der Waals surface area contributed by atoms with Crippen LogP contribution in [-0.2, 0) is 14.6 Å². The minimum Gasteiger partial charge on any atom is -0.481 e. The first-order chi connectivity index (χ1) is 6.27. The molecule has 1 N–H and O–H groups in total. The molecule has 0 aliphatic carbocycles. The molecule has 0 radical (unpaired) electrons. The van der Waals surface area contributed by atoms with Crippen molar-refractivity contribution in [2.45, 2.75) is 38.9 Å². The largest absolute Gasteiger partial charge is 0.481 e. The highest BCUT2D eigenvalue weighted by atomic mass is 32.2. The molecule has 0 fully saturated rings. The van der Waals surface area contributed by atoms with Crippen LogP contribution in [0.5, 0.6) is 0 Å². The Morgan fingerprint density at radius 3 is 2.14 bits per heavy atom. The van der Waals surface area contributed by atoms with Gasteiger partial charge < -0.3 is 5.11 Å². The SMILES string of the molecule is CC(CCCS(=O)(=O)C(C)C)C(=O)O. The molecule has 0 aliphatic heterocycles. The Hall–Kier alpha value is -0.580. The van der Waals surface area contributed by atoms with E-state index in [0.29, 0.717) is 12.8 Å². The van der Waals surface area contributed by atoms with Crippen LogP contribution in [0.1, 0.15) is 33.6 Å². The second kappa shape index (κ2) is 5.34. The van der Waals surface area contributed by atoms with Crippen molar-refractivity contribution in [1.29, 1.82) is 0 Å². The summed E-state index contributed by atoms with van der Waals surface area (Å²) in [6.07, 6.45) is 0.843. The van der Waals surface area contributed by atoms with Gasteiger partial charge in [0.1, 0.15) is 0 Å². The summed E-state index contributed by atoms with van der Waals surface area (Å²) in [5.41, 5.74) is 0. The van der Waals surface area contributed by atoms with Gasteiger partial charge in [-0.15, -0.1) is 0 Å². The molecule has 1 atom stereocenters. The third-order valence-corrected chi connectivity index (χ3v) is 4.50. The van der Waals surface area contributed by atoms with E-state index < -0.39 is 21.7 Å². The number of carboxylic acids is 1. The van der Waals surface area contributed by atoms with Crippen LogP contribution in [0.15, 0.2) is 0 Å². The standard InChI is InChI=1S/C9H18O4S/c1-7(2)14(12,13)6-4-5-8(3)9(10)11/h7-8H,4-6H2,1-3H3,(H,10,11). The van der Waals surface area contributed by atoms with E-state index in [0.717, 1.165) is 0 Å². The van der Waals surface area contributed by atoms with Gasteiger partial charge in [0.15, 0.2) is 9.84 Å². The maximum Gasteiger partial charge on any atom is 0.306 e. The van der Waals surface area contributed by atoms with Crippen LogP contribution in [0.2, 0.25) is 0 Å². The molecule has 0 rings (SSSR count). The van der Waals surface area contributed by atoms with Gasteiger partial charge >= 0.3 is 5.97 Å². The van der Waals surface area contributed by atoms with Crippen LogP contribution >= 0.6 is 0 Å². The minimum atomic E-state index is -3.01. The van der Waals surface area contributed by atoms with Gasteiger partial charge in [0.05, 0.1) is 16.9 Å². The first-order valence-corrected chi connectivity index (χ1v) is 6.43. The summed E-state index contributed by atoms with van der Waals surface area (Å²) in [5, 5.41) is 8.20. The van der Waals surface area contributed by atoms with Gasteiger partial charge in [-0.05, 0) is 26.7 Å². The molecular weight excluding hydrogens is 204 g/mol. The number of carbonyl (C=O) groups is 1. The van der Waals surface area contributed by atoms with Crippen LogP contribution in [0.4, 0.5) is 0 Å². The number of rotatable bonds is 6. The summed E-state index contributed by atoms with van der Waals surface area (Å²) in [6, 6.07) is 0. The van der Waals surface area contributed by atoms with E-state index in [1.165, 1.54) is 0 Å². The average Bonchev–Trinajstić information content (AvgIpc) is 2.03. The molecule has 1 unspecified atom stereocenters. The minimum absolute atomic E-state index is 0.0856. The van der Waals surface area contributed by atoms with Gasteiger partial charge in [-0.25, -0.2) is 8.42 Å². The maximum absolute atomic E-state index is 11.3. The lowest BCUT2D eigenvalue weighted by Gasteiger charge is -2.08. The Balaban J connectivity index is 3.92. The summed E-state index contributed by atoms with van der Waals surface area (Å²) < 4.78 is 22.7. The molecule has 84 valence electrons. The normalized spacial score (nSPS) is 14.3. The molecule has 14 heavy (non-hydrogen) atoms. The lowest BCUT2D eigenvalue weighted by atomic mass is 10.1. The first kappa shape index (κ1) is 13.4. The second-order valence-corrected chi connectivity index (χ2v) is 6.47. The third kappa shape index (κ3) is 4.60. The summed E-state index contributed by atoms with van der Waals surface area (Å²) in [6.45, 7) is 4.86. The molecule has 0 aromatic heterocycles. The van der Waals surface area contributed by atoms with Crippen molar-refractivity contribution in [3.8, 4) is 0 Å². The van der Waals surface area contributed by atoms with Gasteiger partial charge in [-0.3, -0.25) is 4.79 Å². The number of hydrogen-bond donors (Lipinski definition) is 1. The van der Waals surface area contributed by atoms with E-state index in [9.17, 15) is 13.2 Å². The molecule has 0 heterocycles. The van der Waals surface area contributed by atoms with Crippen molar-refractivity contribution >= 4 is 15.8 Å². The zero-order valence-electron chi connectivity index (χ0n) is 8.86. The Bertz CT molecular complexity index is 279. The highest BCUT2D eigenvalue weighted by Crippen LogP contribution is 2.09. The van der Waals surface area contributed by atoms with Gasteiger partial charge in [-0.2, -0.15) is 0 Å². The van der Waals surface area contributed by atoms with E-state index in [4.69, 9.17) is 5.11 Å². The number of aliphatic carboxylic acids is 1. The smallest absolute Gasteiger partial charge is 0.306 e. The number of sulfone groups is 1. The predicted molar refractivity (Wildman–Crippen MR) is 55.0 cm³/mol. The second-order valence-electron chi connectivity index (χ2n) is 3.80. The zero-order valence-corrected chi connectivity index (χ0v) is 9.67. The molecule has 0 aliphatic rings. The number of carboxylic acid groups (broad SMARTS) is 1. The molecule has 0 spiro atoms. The molecule has 0 aromatic carbocycles. The Morgan fingerprint density at radius 2 is 1.79 bits per heavy atom. The van der Waals surface area contributed by atoms with Crippen LogP contribution in [0, 0.1) is 5.92 Å². The van der Waals surface area contributed by atoms with Gasteiger partial charge in [0.2, 0.25) is 0 Å². The van der Waals surface area contributed by atoms with E-state index in [1.54, 1.807) is 20.8 Å². The van der Waals surface area contributed by atoms with E-state index in [2.05, 4.69) is 0 Å². The van der Waals surface area contributed by atoms with Crippen LogP contribution < -0.4 is 0 Å². The molecule has 4 nitrogen and oxygen atoms in total. The molecular formula is C9H18O4S. The third-order valence-electron chi connectivity index (χ3n) is 2.21. The zero-order chi connectivity index (χ0) is 11.4. The molecule has 0 bridgehead atoms. The van der Waals surface area contributed by atoms with Crippen LogP contribution in [-0.4, -0.2) is 30.5 Å². The average molecular weight is 222 g/mol. The fourth-order valence-electron chi connectivity index (χ4n) is 0.950. The molecule has 5 heteroatoms. The molecule has 0 saturated carbocycles.